The number of rotatable bonds is 4. The second-order valence-electron chi connectivity index (χ2n) is 6.18. The van der Waals surface area contributed by atoms with E-state index in [9.17, 15) is 13.2 Å². The molecule has 1 aromatic carbocycles. The largest absolute Gasteiger partial charge is 0.573 e. The Bertz CT molecular complexity index is 485. The van der Waals surface area contributed by atoms with Crippen LogP contribution in [0.4, 0.5) is 18.9 Å². The molecule has 0 radical (unpaired) electrons. The molecule has 0 aromatic heterocycles. The van der Waals surface area contributed by atoms with Crippen LogP contribution >= 0.6 is 0 Å². The number of alkyl halides is 3. The van der Waals surface area contributed by atoms with Crippen molar-refractivity contribution in [2.75, 3.05) is 5.32 Å². The zero-order chi connectivity index (χ0) is 14.9. The number of hydrogen-bond donors (Lipinski definition) is 1. The summed E-state index contributed by atoms with van der Waals surface area (Å²) in [6, 6.07) is 6.50. The Kier molecular flexibility index (Phi) is 4.00. The summed E-state index contributed by atoms with van der Waals surface area (Å²) in [7, 11) is 0. The molecule has 2 nitrogen and oxygen atoms in total. The quantitative estimate of drug-likeness (QED) is 0.848. The minimum atomic E-state index is -4.64. The molecule has 3 rings (SSSR count). The first-order chi connectivity index (χ1) is 9.99. The monoisotopic (exact) mass is 299 g/mol. The van der Waals surface area contributed by atoms with Crippen LogP contribution in [-0.4, -0.2) is 12.4 Å². The first-order valence-electron chi connectivity index (χ1n) is 7.62. The zero-order valence-corrected chi connectivity index (χ0v) is 11.8. The van der Waals surface area contributed by atoms with Crippen LogP contribution < -0.4 is 10.1 Å². The van der Waals surface area contributed by atoms with Gasteiger partial charge in [0.05, 0.1) is 0 Å². The first-order valence-corrected chi connectivity index (χ1v) is 7.62. The fourth-order valence-corrected chi connectivity index (χ4v) is 3.37. The predicted octanol–water partition coefficient (Wildman–Crippen LogP) is 4.97. The molecule has 2 unspecified atom stereocenters. The number of halogens is 3. The number of nitrogens with one attached hydrogen (secondary N) is 1. The first kappa shape index (κ1) is 14.5. The fraction of sp³-hybridized carbons (Fsp3) is 0.625. The van der Waals surface area contributed by atoms with Crippen molar-refractivity contribution < 1.29 is 17.9 Å². The average Bonchev–Trinajstić information content (AvgIpc) is 3.21. The summed E-state index contributed by atoms with van der Waals surface area (Å²) in [6.45, 7) is 0. The Morgan fingerprint density at radius 2 is 1.86 bits per heavy atom. The van der Waals surface area contributed by atoms with Crippen molar-refractivity contribution in [2.24, 2.45) is 11.8 Å². The summed E-state index contributed by atoms with van der Waals surface area (Å²) in [4.78, 5) is 0. The molecule has 0 spiro atoms. The van der Waals surface area contributed by atoms with Crippen molar-refractivity contribution in [1.82, 2.24) is 0 Å². The number of ether oxygens (including phenoxy) is 1. The van der Waals surface area contributed by atoms with Gasteiger partial charge in [0.2, 0.25) is 0 Å². The van der Waals surface area contributed by atoms with Gasteiger partial charge in [-0.25, -0.2) is 0 Å². The molecule has 0 saturated heterocycles. The van der Waals surface area contributed by atoms with Crippen LogP contribution in [0, 0.1) is 11.8 Å². The van der Waals surface area contributed by atoms with E-state index in [4.69, 9.17) is 0 Å². The molecule has 2 fully saturated rings. The molecule has 116 valence electrons. The Morgan fingerprint density at radius 1 is 1.05 bits per heavy atom. The Labute approximate surface area is 122 Å². The van der Waals surface area contributed by atoms with Gasteiger partial charge in [0.25, 0.3) is 0 Å². The normalized spacial score (nSPS) is 26.4. The van der Waals surface area contributed by atoms with Crippen molar-refractivity contribution in [1.29, 1.82) is 0 Å². The third kappa shape index (κ3) is 4.29. The summed E-state index contributed by atoms with van der Waals surface area (Å²) in [6.07, 6.45) is 2.80. The van der Waals surface area contributed by atoms with Crippen molar-refractivity contribution in [2.45, 2.75) is 50.9 Å². The van der Waals surface area contributed by atoms with Crippen molar-refractivity contribution in [3.05, 3.63) is 24.3 Å². The number of anilines is 1. The molecule has 21 heavy (non-hydrogen) atoms. The maximum absolute atomic E-state index is 12.2. The van der Waals surface area contributed by atoms with Gasteiger partial charge in [-0.15, -0.1) is 13.2 Å². The van der Waals surface area contributed by atoms with Gasteiger partial charge >= 0.3 is 6.36 Å². The molecule has 0 bridgehead atoms. The SMILES string of the molecule is FC(F)(F)Oc1cccc(NC2CCCC(C3CC3)C2)c1. The molecule has 0 amide bonds. The van der Waals surface area contributed by atoms with Gasteiger partial charge in [-0.2, -0.15) is 0 Å². The van der Waals surface area contributed by atoms with Crippen molar-refractivity contribution in [3.63, 3.8) is 0 Å². The van der Waals surface area contributed by atoms with Gasteiger partial charge in [0.15, 0.2) is 0 Å². The highest BCUT2D eigenvalue weighted by Gasteiger charge is 2.35. The van der Waals surface area contributed by atoms with Crippen LogP contribution in [0.1, 0.15) is 38.5 Å². The lowest BCUT2D eigenvalue weighted by Gasteiger charge is -2.30. The average molecular weight is 299 g/mol. The molecule has 5 heteroatoms. The summed E-state index contributed by atoms with van der Waals surface area (Å²) >= 11 is 0. The van der Waals surface area contributed by atoms with E-state index < -0.39 is 6.36 Å². The van der Waals surface area contributed by atoms with Crippen LogP contribution in [-0.2, 0) is 0 Å². The summed E-state index contributed by atoms with van der Waals surface area (Å²) in [5.41, 5.74) is 0.707. The van der Waals surface area contributed by atoms with E-state index >= 15 is 0 Å². The van der Waals surface area contributed by atoms with Crippen molar-refractivity contribution >= 4 is 5.69 Å². The molecular formula is C16H20F3NO. The van der Waals surface area contributed by atoms with Crippen molar-refractivity contribution in [3.8, 4) is 5.75 Å². The van der Waals surface area contributed by atoms with E-state index in [1.54, 1.807) is 12.1 Å². The lowest BCUT2D eigenvalue weighted by Crippen LogP contribution is -2.28. The standard InChI is InChI=1S/C16H20F3NO/c17-16(18,19)21-15-6-2-5-14(10-15)20-13-4-1-3-12(9-13)11-7-8-11/h2,5-6,10-13,20H,1,3-4,7-9H2. The summed E-state index contributed by atoms with van der Waals surface area (Å²) in [5.74, 6) is 1.53. The summed E-state index contributed by atoms with van der Waals surface area (Å²) < 4.78 is 40.7. The van der Waals surface area contributed by atoms with E-state index in [0.717, 1.165) is 24.7 Å². The Morgan fingerprint density at radius 3 is 2.57 bits per heavy atom. The topological polar surface area (TPSA) is 21.3 Å². The fourth-order valence-electron chi connectivity index (χ4n) is 3.37. The van der Waals surface area contributed by atoms with Crippen LogP contribution in [0.3, 0.4) is 0 Å². The molecule has 1 aromatic rings. The van der Waals surface area contributed by atoms with Crippen LogP contribution in [0.25, 0.3) is 0 Å². The van der Waals surface area contributed by atoms with E-state index in [2.05, 4.69) is 10.1 Å². The second kappa shape index (κ2) is 5.78. The van der Waals surface area contributed by atoms with Crippen LogP contribution in [0.15, 0.2) is 24.3 Å². The molecule has 0 heterocycles. The van der Waals surface area contributed by atoms with E-state index in [-0.39, 0.29) is 5.75 Å². The molecule has 2 atom stereocenters. The molecule has 2 aliphatic rings. The van der Waals surface area contributed by atoms with Gasteiger partial charge < -0.3 is 10.1 Å². The minimum absolute atomic E-state index is 0.165. The van der Waals surface area contributed by atoms with Gasteiger partial charge in [0, 0.05) is 17.8 Å². The van der Waals surface area contributed by atoms with E-state index in [1.807, 2.05) is 0 Å². The van der Waals surface area contributed by atoms with E-state index in [1.165, 1.54) is 37.8 Å². The lowest BCUT2D eigenvalue weighted by molar-refractivity contribution is -0.274. The molecular weight excluding hydrogens is 279 g/mol. The molecule has 2 aliphatic carbocycles. The highest BCUT2D eigenvalue weighted by Crippen LogP contribution is 2.44. The maximum atomic E-state index is 12.2. The number of hydrogen-bond acceptors (Lipinski definition) is 2. The van der Waals surface area contributed by atoms with E-state index in [0.29, 0.717) is 11.7 Å². The highest BCUT2D eigenvalue weighted by atomic mass is 19.4. The predicted molar refractivity (Wildman–Crippen MR) is 75.2 cm³/mol. The van der Waals surface area contributed by atoms with Gasteiger partial charge in [0.1, 0.15) is 5.75 Å². The highest BCUT2D eigenvalue weighted by molar-refractivity contribution is 5.49. The van der Waals surface area contributed by atoms with Gasteiger partial charge in [-0.1, -0.05) is 18.9 Å². The molecule has 0 aliphatic heterocycles. The van der Waals surface area contributed by atoms with Crippen LogP contribution in [0.2, 0.25) is 0 Å². The van der Waals surface area contributed by atoms with Crippen LogP contribution in [0.5, 0.6) is 5.75 Å². The number of benzene rings is 1. The van der Waals surface area contributed by atoms with Gasteiger partial charge in [-0.05, 0) is 49.7 Å². The zero-order valence-electron chi connectivity index (χ0n) is 11.8. The molecule has 1 N–H and O–H groups in total. The molecule has 2 saturated carbocycles. The maximum Gasteiger partial charge on any atom is 0.573 e. The third-order valence-corrected chi connectivity index (χ3v) is 4.44. The second-order valence-corrected chi connectivity index (χ2v) is 6.18. The Balaban J connectivity index is 1.60. The smallest absolute Gasteiger partial charge is 0.406 e. The Hall–Kier alpha value is -1.39. The van der Waals surface area contributed by atoms with Gasteiger partial charge in [-0.3, -0.25) is 0 Å². The lowest BCUT2D eigenvalue weighted by atomic mass is 9.82. The third-order valence-electron chi connectivity index (χ3n) is 4.44. The minimum Gasteiger partial charge on any atom is -0.406 e. The summed E-state index contributed by atoms with van der Waals surface area (Å²) in [5, 5.41) is 3.37.